The van der Waals surface area contributed by atoms with Gasteiger partial charge in [-0.05, 0) is 31.7 Å². The number of hydrogen-bond donors (Lipinski definition) is 4. The first-order valence-electron chi connectivity index (χ1n) is 7.00. The van der Waals surface area contributed by atoms with E-state index in [0.29, 0.717) is 6.42 Å². The number of rotatable bonds is 7. The summed E-state index contributed by atoms with van der Waals surface area (Å²) in [5.74, 6) is -0.896. The molecule has 7 nitrogen and oxygen atoms in total. The summed E-state index contributed by atoms with van der Waals surface area (Å²) in [5, 5.41) is 8.27. The molecule has 0 spiro atoms. The second-order valence-electron chi connectivity index (χ2n) is 5.52. The normalized spacial score (nSPS) is 19.6. The molecule has 0 aromatic rings. The molecule has 0 aromatic carbocycles. The van der Waals surface area contributed by atoms with Crippen molar-refractivity contribution in [3.8, 4) is 0 Å². The molecule has 0 aromatic heterocycles. The largest absolute Gasteiger partial charge is 0.368 e. The third-order valence-corrected chi connectivity index (χ3v) is 3.15. The van der Waals surface area contributed by atoms with Gasteiger partial charge < -0.3 is 21.7 Å². The van der Waals surface area contributed by atoms with Crippen molar-refractivity contribution < 1.29 is 14.4 Å². The summed E-state index contributed by atoms with van der Waals surface area (Å²) in [6.45, 7) is 4.54. The average Bonchev–Trinajstić information content (AvgIpc) is 2.88. The van der Waals surface area contributed by atoms with E-state index in [4.69, 9.17) is 5.73 Å². The highest BCUT2D eigenvalue weighted by atomic mass is 16.2. The average molecular weight is 284 g/mol. The van der Waals surface area contributed by atoms with Gasteiger partial charge in [-0.2, -0.15) is 0 Å². The Hall–Kier alpha value is -1.63. The summed E-state index contributed by atoms with van der Waals surface area (Å²) in [5.41, 5.74) is 4.99. The minimum atomic E-state index is -0.635. The monoisotopic (exact) mass is 284 g/mol. The number of carbonyl (C=O) groups excluding carboxylic acids is 3. The quantitative estimate of drug-likeness (QED) is 0.474. The minimum absolute atomic E-state index is 0.164. The van der Waals surface area contributed by atoms with Crippen LogP contribution in [0, 0.1) is 5.92 Å². The summed E-state index contributed by atoms with van der Waals surface area (Å²) in [6.07, 6.45) is 2.26. The fraction of sp³-hybridized carbons (Fsp3) is 0.769. The predicted octanol–water partition coefficient (Wildman–Crippen LogP) is -1.13. The molecule has 1 saturated heterocycles. The molecule has 114 valence electrons. The van der Waals surface area contributed by atoms with Gasteiger partial charge in [0.1, 0.15) is 6.04 Å². The Kier molecular flexibility index (Phi) is 6.44. The lowest BCUT2D eigenvalue weighted by molar-refractivity contribution is -0.131. The molecule has 1 heterocycles. The summed E-state index contributed by atoms with van der Waals surface area (Å²) >= 11 is 0. The molecule has 0 bridgehead atoms. The summed E-state index contributed by atoms with van der Waals surface area (Å²) in [4.78, 5) is 34.7. The Balaban J connectivity index is 2.55. The van der Waals surface area contributed by atoms with Crippen LogP contribution in [0.2, 0.25) is 0 Å². The second kappa shape index (κ2) is 7.84. The number of nitrogens with one attached hydrogen (secondary N) is 3. The van der Waals surface area contributed by atoms with E-state index in [9.17, 15) is 14.4 Å². The number of carbonyl (C=O) groups is 3. The van der Waals surface area contributed by atoms with Gasteiger partial charge in [0.15, 0.2) is 0 Å². The highest BCUT2D eigenvalue weighted by Crippen LogP contribution is 2.08. The SMILES string of the molecule is CC(C)C[C@@H](NC(=O)[C@@H]1CCCN1)C(=O)NCC(N)=O. The fourth-order valence-corrected chi connectivity index (χ4v) is 2.18. The Morgan fingerprint density at radius 2 is 2.05 bits per heavy atom. The lowest BCUT2D eigenvalue weighted by atomic mass is 10.0. The first-order valence-corrected chi connectivity index (χ1v) is 7.00. The van der Waals surface area contributed by atoms with Crippen LogP contribution in [0.1, 0.15) is 33.1 Å². The molecule has 20 heavy (non-hydrogen) atoms. The van der Waals surface area contributed by atoms with Crippen LogP contribution < -0.4 is 21.7 Å². The van der Waals surface area contributed by atoms with Crippen molar-refractivity contribution >= 4 is 17.7 Å². The van der Waals surface area contributed by atoms with E-state index in [1.807, 2.05) is 13.8 Å². The van der Waals surface area contributed by atoms with Crippen molar-refractivity contribution in [3.05, 3.63) is 0 Å². The molecular weight excluding hydrogens is 260 g/mol. The van der Waals surface area contributed by atoms with Gasteiger partial charge in [-0.1, -0.05) is 13.8 Å². The topological polar surface area (TPSA) is 113 Å². The van der Waals surface area contributed by atoms with Crippen LogP contribution in [0.3, 0.4) is 0 Å². The molecule has 1 fully saturated rings. The van der Waals surface area contributed by atoms with Gasteiger partial charge in [-0.25, -0.2) is 0 Å². The Morgan fingerprint density at radius 1 is 1.35 bits per heavy atom. The standard InChI is InChI=1S/C13H24N4O3/c1-8(2)6-10(12(19)16-7-11(14)18)17-13(20)9-4-3-5-15-9/h8-10,15H,3-7H2,1-2H3,(H2,14,18)(H,16,19)(H,17,20)/t9-,10+/m0/s1. The number of amides is 3. The van der Waals surface area contributed by atoms with E-state index >= 15 is 0 Å². The lowest BCUT2D eigenvalue weighted by Crippen LogP contribution is -2.52. The molecule has 2 atom stereocenters. The molecule has 1 rings (SSSR count). The van der Waals surface area contributed by atoms with Crippen LogP contribution in [-0.2, 0) is 14.4 Å². The first kappa shape index (κ1) is 16.4. The highest BCUT2D eigenvalue weighted by molar-refractivity contribution is 5.91. The van der Waals surface area contributed by atoms with E-state index in [-0.39, 0.29) is 30.3 Å². The van der Waals surface area contributed by atoms with Crippen molar-refractivity contribution in [1.29, 1.82) is 0 Å². The fourth-order valence-electron chi connectivity index (χ4n) is 2.18. The second-order valence-corrected chi connectivity index (χ2v) is 5.52. The van der Waals surface area contributed by atoms with Gasteiger partial charge in [0, 0.05) is 0 Å². The number of nitrogens with two attached hydrogens (primary N) is 1. The summed E-state index contributed by atoms with van der Waals surface area (Å²) in [7, 11) is 0. The maximum atomic E-state index is 12.0. The van der Waals surface area contributed by atoms with E-state index < -0.39 is 11.9 Å². The third-order valence-electron chi connectivity index (χ3n) is 3.15. The molecular formula is C13H24N4O3. The third kappa shape index (κ3) is 5.56. The zero-order chi connectivity index (χ0) is 15.1. The Labute approximate surface area is 119 Å². The molecule has 0 radical (unpaired) electrons. The Bertz CT molecular complexity index is 365. The van der Waals surface area contributed by atoms with Crippen molar-refractivity contribution in [3.63, 3.8) is 0 Å². The van der Waals surface area contributed by atoms with Crippen molar-refractivity contribution in [1.82, 2.24) is 16.0 Å². The van der Waals surface area contributed by atoms with Gasteiger partial charge in [-0.15, -0.1) is 0 Å². The van der Waals surface area contributed by atoms with Gasteiger partial charge in [0.05, 0.1) is 12.6 Å². The Morgan fingerprint density at radius 3 is 2.55 bits per heavy atom. The van der Waals surface area contributed by atoms with Gasteiger partial charge >= 0.3 is 0 Å². The first-order chi connectivity index (χ1) is 9.40. The van der Waals surface area contributed by atoms with Crippen molar-refractivity contribution in [2.24, 2.45) is 11.7 Å². The van der Waals surface area contributed by atoms with Crippen LogP contribution in [0.4, 0.5) is 0 Å². The zero-order valence-corrected chi connectivity index (χ0v) is 12.1. The van der Waals surface area contributed by atoms with E-state index in [1.165, 1.54) is 0 Å². The maximum absolute atomic E-state index is 12.0. The molecule has 7 heteroatoms. The predicted molar refractivity (Wildman–Crippen MR) is 74.6 cm³/mol. The van der Waals surface area contributed by atoms with Gasteiger partial charge in [0.25, 0.3) is 0 Å². The molecule has 0 unspecified atom stereocenters. The molecule has 5 N–H and O–H groups in total. The molecule has 0 saturated carbocycles. The van der Waals surface area contributed by atoms with E-state index in [0.717, 1.165) is 19.4 Å². The minimum Gasteiger partial charge on any atom is -0.368 e. The smallest absolute Gasteiger partial charge is 0.243 e. The van der Waals surface area contributed by atoms with E-state index in [1.54, 1.807) is 0 Å². The van der Waals surface area contributed by atoms with E-state index in [2.05, 4.69) is 16.0 Å². The number of primary amides is 1. The molecule has 1 aliphatic rings. The lowest BCUT2D eigenvalue weighted by Gasteiger charge is -2.21. The number of hydrogen-bond acceptors (Lipinski definition) is 4. The van der Waals surface area contributed by atoms with Crippen LogP contribution in [0.5, 0.6) is 0 Å². The summed E-state index contributed by atoms with van der Waals surface area (Å²) < 4.78 is 0. The highest BCUT2D eigenvalue weighted by Gasteiger charge is 2.27. The van der Waals surface area contributed by atoms with Crippen LogP contribution in [-0.4, -0.2) is 42.9 Å². The zero-order valence-electron chi connectivity index (χ0n) is 12.1. The van der Waals surface area contributed by atoms with Gasteiger partial charge in [0.2, 0.25) is 17.7 Å². The maximum Gasteiger partial charge on any atom is 0.243 e. The molecule has 1 aliphatic heterocycles. The van der Waals surface area contributed by atoms with Crippen LogP contribution >= 0.6 is 0 Å². The van der Waals surface area contributed by atoms with Crippen molar-refractivity contribution in [2.75, 3.05) is 13.1 Å². The van der Waals surface area contributed by atoms with Crippen molar-refractivity contribution in [2.45, 2.75) is 45.2 Å². The van der Waals surface area contributed by atoms with Gasteiger partial charge in [-0.3, -0.25) is 14.4 Å². The van der Waals surface area contributed by atoms with Crippen LogP contribution in [0.25, 0.3) is 0 Å². The molecule has 0 aliphatic carbocycles. The van der Waals surface area contributed by atoms with Crippen LogP contribution in [0.15, 0.2) is 0 Å². The summed E-state index contributed by atoms with van der Waals surface area (Å²) in [6, 6.07) is -0.863. The molecule has 3 amide bonds.